The van der Waals surface area contributed by atoms with Crippen LogP contribution in [-0.2, 0) is 14.3 Å². The minimum Gasteiger partial charge on any atom is -0.368 e. The molecule has 2 heterocycles. The second kappa shape index (κ2) is 8.91. The summed E-state index contributed by atoms with van der Waals surface area (Å²) >= 11 is 0. The molecule has 8 heteroatoms. The summed E-state index contributed by atoms with van der Waals surface area (Å²) in [7, 11) is 0. The first kappa shape index (κ1) is 18.5. The molecule has 0 spiro atoms. The van der Waals surface area contributed by atoms with E-state index in [2.05, 4.69) is 20.9 Å². The first-order valence-corrected chi connectivity index (χ1v) is 8.62. The monoisotopic (exact) mass is 368 g/mol. The average molecular weight is 368 g/mol. The topological polar surface area (TPSA) is 109 Å². The molecule has 1 saturated heterocycles. The lowest BCUT2D eigenvalue weighted by atomic mass is 10.2. The zero-order valence-electron chi connectivity index (χ0n) is 14.6. The molecule has 2 aromatic rings. The van der Waals surface area contributed by atoms with Crippen molar-refractivity contribution in [1.29, 1.82) is 0 Å². The van der Waals surface area contributed by atoms with Crippen molar-refractivity contribution < 1.29 is 19.1 Å². The van der Waals surface area contributed by atoms with Crippen LogP contribution >= 0.6 is 0 Å². The number of nitrogens with zero attached hydrogens (tertiary/aromatic N) is 1. The maximum atomic E-state index is 12.0. The molecule has 3 N–H and O–H groups in total. The van der Waals surface area contributed by atoms with Crippen molar-refractivity contribution in [2.75, 3.05) is 23.8 Å². The Hall–Kier alpha value is -3.26. The van der Waals surface area contributed by atoms with Gasteiger partial charge in [0.25, 0.3) is 11.8 Å². The zero-order chi connectivity index (χ0) is 19.1. The Morgan fingerprint density at radius 1 is 1.00 bits per heavy atom. The standard InChI is InChI=1S/C19H20N4O4/c24-17(12-21-18(25)13-7-9-20-10-8-13)22-14-3-5-15(6-4-14)23-19(26)16-2-1-11-27-16/h3-10,16H,1-2,11-12H2,(H,21,25)(H,22,24)(H,23,26)/t16-/m0/s1. The lowest BCUT2D eigenvalue weighted by Crippen LogP contribution is -2.32. The lowest BCUT2D eigenvalue weighted by molar-refractivity contribution is -0.124. The van der Waals surface area contributed by atoms with Crippen molar-refractivity contribution in [1.82, 2.24) is 10.3 Å². The first-order valence-electron chi connectivity index (χ1n) is 8.62. The van der Waals surface area contributed by atoms with Crippen LogP contribution in [0.1, 0.15) is 23.2 Å². The van der Waals surface area contributed by atoms with Crippen LogP contribution in [0.15, 0.2) is 48.8 Å². The molecule has 0 radical (unpaired) electrons. The van der Waals surface area contributed by atoms with E-state index in [0.29, 0.717) is 23.5 Å². The number of benzene rings is 1. The van der Waals surface area contributed by atoms with E-state index < -0.39 is 6.10 Å². The number of nitrogens with one attached hydrogen (secondary N) is 3. The van der Waals surface area contributed by atoms with Crippen LogP contribution in [0.3, 0.4) is 0 Å². The highest BCUT2D eigenvalue weighted by molar-refractivity contribution is 5.99. The van der Waals surface area contributed by atoms with Crippen molar-refractivity contribution in [2.24, 2.45) is 0 Å². The van der Waals surface area contributed by atoms with Crippen LogP contribution in [0.25, 0.3) is 0 Å². The Bertz CT molecular complexity index is 802. The van der Waals surface area contributed by atoms with Crippen molar-refractivity contribution in [3.8, 4) is 0 Å². The molecule has 0 bridgehead atoms. The third kappa shape index (κ3) is 5.35. The number of amides is 3. The van der Waals surface area contributed by atoms with Gasteiger partial charge in [-0.2, -0.15) is 0 Å². The molecule has 1 aromatic carbocycles. The third-order valence-corrected chi connectivity index (χ3v) is 4.01. The Kier molecular flexibility index (Phi) is 6.11. The Morgan fingerprint density at radius 2 is 1.67 bits per heavy atom. The molecule has 0 aliphatic carbocycles. The summed E-state index contributed by atoms with van der Waals surface area (Å²) in [5.74, 6) is -0.864. The van der Waals surface area contributed by atoms with Gasteiger partial charge in [0, 0.05) is 35.9 Å². The number of hydrogen-bond donors (Lipinski definition) is 3. The largest absolute Gasteiger partial charge is 0.368 e. The van der Waals surface area contributed by atoms with Crippen molar-refractivity contribution in [3.05, 3.63) is 54.4 Å². The quantitative estimate of drug-likeness (QED) is 0.717. The van der Waals surface area contributed by atoms with Gasteiger partial charge in [-0.05, 0) is 49.2 Å². The van der Waals surface area contributed by atoms with Gasteiger partial charge in [-0.1, -0.05) is 0 Å². The van der Waals surface area contributed by atoms with Crippen molar-refractivity contribution >= 4 is 29.1 Å². The molecule has 8 nitrogen and oxygen atoms in total. The van der Waals surface area contributed by atoms with Gasteiger partial charge in [-0.25, -0.2) is 0 Å². The summed E-state index contributed by atoms with van der Waals surface area (Å²) in [5, 5.41) is 8.00. The van der Waals surface area contributed by atoms with Gasteiger partial charge in [0.1, 0.15) is 6.10 Å². The van der Waals surface area contributed by atoms with E-state index in [9.17, 15) is 14.4 Å². The first-order chi connectivity index (χ1) is 13.1. The van der Waals surface area contributed by atoms with E-state index in [1.165, 1.54) is 12.4 Å². The highest BCUT2D eigenvalue weighted by atomic mass is 16.5. The van der Waals surface area contributed by atoms with Gasteiger partial charge < -0.3 is 20.7 Å². The minimum absolute atomic E-state index is 0.154. The molecule has 1 aliphatic heterocycles. The predicted molar refractivity (Wildman–Crippen MR) is 99.2 cm³/mol. The molecule has 1 atom stereocenters. The normalized spacial score (nSPS) is 15.8. The van der Waals surface area contributed by atoms with E-state index in [4.69, 9.17) is 4.74 Å². The molecular weight excluding hydrogens is 348 g/mol. The minimum atomic E-state index is -0.395. The summed E-state index contributed by atoms with van der Waals surface area (Å²) in [6.07, 6.45) is 4.24. The molecule has 3 rings (SSSR count). The number of rotatable bonds is 6. The molecule has 0 saturated carbocycles. The van der Waals surface area contributed by atoms with Gasteiger partial charge in [-0.15, -0.1) is 0 Å². The van der Waals surface area contributed by atoms with E-state index in [1.54, 1.807) is 36.4 Å². The van der Waals surface area contributed by atoms with E-state index >= 15 is 0 Å². The molecular formula is C19H20N4O4. The van der Waals surface area contributed by atoms with E-state index in [0.717, 1.165) is 12.8 Å². The maximum absolute atomic E-state index is 12.0. The van der Waals surface area contributed by atoms with E-state index in [1.807, 2.05) is 0 Å². The molecule has 140 valence electrons. The molecule has 27 heavy (non-hydrogen) atoms. The fourth-order valence-electron chi connectivity index (χ4n) is 2.62. The number of aromatic nitrogens is 1. The smallest absolute Gasteiger partial charge is 0.253 e. The van der Waals surface area contributed by atoms with E-state index in [-0.39, 0.29) is 24.3 Å². The van der Waals surface area contributed by atoms with Crippen molar-refractivity contribution in [2.45, 2.75) is 18.9 Å². The number of carbonyl (C=O) groups is 3. The van der Waals surface area contributed by atoms with Crippen molar-refractivity contribution in [3.63, 3.8) is 0 Å². The zero-order valence-corrected chi connectivity index (χ0v) is 14.6. The SMILES string of the molecule is O=C(CNC(=O)c1ccncc1)Nc1ccc(NC(=O)[C@@H]2CCCO2)cc1. The summed E-state index contributed by atoms with van der Waals surface area (Å²) in [5.41, 5.74) is 1.62. The van der Waals surface area contributed by atoms with Crippen LogP contribution in [0.2, 0.25) is 0 Å². The highest BCUT2D eigenvalue weighted by Crippen LogP contribution is 2.17. The van der Waals surface area contributed by atoms with Crippen LogP contribution in [0, 0.1) is 0 Å². The molecule has 0 unspecified atom stereocenters. The second-order valence-corrected chi connectivity index (χ2v) is 6.04. The summed E-state index contributed by atoms with van der Waals surface area (Å²) in [6, 6.07) is 9.87. The summed E-state index contributed by atoms with van der Waals surface area (Å²) in [6.45, 7) is 0.458. The van der Waals surface area contributed by atoms with Crippen LogP contribution in [-0.4, -0.2) is 42.0 Å². The summed E-state index contributed by atoms with van der Waals surface area (Å²) in [4.78, 5) is 39.7. The highest BCUT2D eigenvalue weighted by Gasteiger charge is 2.23. The number of anilines is 2. The Morgan fingerprint density at radius 3 is 2.30 bits per heavy atom. The Balaban J connectivity index is 1.45. The van der Waals surface area contributed by atoms with Gasteiger partial charge in [0.05, 0.1) is 6.54 Å². The molecule has 3 amide bonds. The fraction of sp³-hybridized carbons (Fsp3) is 0.263. The van der Waals surface area contributed by atoms with Crippen LogP contribution < -0.4 is 16.0 Å². The number of ether oxygens (including phenoxy) is 1. The van der Waals surface area contributed by atoms with Crippen LogP contribution in [0.5, 0.6) is 0 Å². The summed E-state index contributed by atoms with van der Waals surface area (Å²) < 4.78 is 5.33. The lowest BCUT2D eigenvalue weighted by Gasteiger charge is -2.11. The fourth-order valence-corrected chi connectivity index (χ4v) is 2.62. The number of carbonyl (C=O) groups excluding carboxylic acids is 3. The second-order valence-electron chi connectivity index (χ2n) is 6.04. The molecule has 1 fully saturated rings. The number of pyridine rings is 1. The van der Waals surface area contributed by atoms with Gasteiger partial charge in [0.15, 0.2) is 0 Å². The van der Waals surface area contributed by atoms with Gasteiger partial charge in [0.2, 0.25) is 5.91 Å². The molecule has 1 aliphatic rings. The Labute approximate surface area is 156 Å². The maximum Gasteiger partial charge on any atom is 0.253 e. The third-order valence-electron chi connectivity index (χ3n) is 4.01. The number of hydrogen-bond acceptors (Lipinski definition) is 5. The molecule has 1 aromatic heterocycles. The predicted octanol–water partition coefficient (Wildman–Crippen LogP) is 1.57. The van der Waals surface area contributed by atoms with Crippen LogP contribution in [0.4, 0.5) is 11.4 Å². The van der Waals surface area contributed by atoms with Gasteiger partial charge in [-0.3, -0.25) is 19.4 Å². The average Bonchev–Trinajstić information content (AvgIpc) is 3.23. The van der Waals surface area contributed by atoms with Gasteiger partial charge >= 0.3 is 0 Å².